The van der Waals surface area contributed by atoms with E-state index in [0.717, 1.165) is 36.9 Å². The molecule has 26 heavy (non-hydrogen) atoms. The van der Waals surface area contributed by atoms with Gasteiger partial charge in [0.05, 0.1) is 18.2 Å². The SMILES string of the molecule is CC(=O)N(c1[c-]cccc1)c1[c-]ccc(CC(=S)N2CCOCC2)c1.[W+2]. The van der Waals surface area contributed by atoms with E-state index in [1.807, 2.05) is 36.4 Å². The normalized spacial score (nSPS) is 13.7. The first-order valence-corrected chi connectivity index (χ1v) is 8.69. The molecule has 3 rings (SSSR count). The van der Waals surface area contributed by atoms with Gasteiger partial charge in [0, 0.05) is 26.4 Å². The largest absolute Gasteiger partial charge is 2.00 e. The zero-order valence-electron chi connectivity index (χ0n) is 14.6. The van der Waals surface area contributed by atoms with E-state index in [-0.39, 0.29) is 27.0 Å². The molecule has 2 aromatic carbocycles. The van der Waals surface area contributed by atoms with E-state index in [1.54, 1.807) is 17.9 Å². The summed E-state index contributed by atoms with van der Waals surface area (Å²) in [6, 6.07) is 19.5. The number of carbonyl (C=O) groups is 1. The monoisotopic (exact) mass is 536 g/mol. The molecule has 0 spiro atoms. The van der Waals surface area contributed by atoms with Crippen molar-refractivity contribution in [2.24, 2.45) is 0 Å². The van der Waals surface area contributed by atoms with Crippen molar-refractivity contribution in [1.82, 2.24) is 4.90 Å². The van der Waals surface area contributed by atoms with E-state index < -0.39 is 0 Å². The standard InChI is InChI=1S/C20H20N2O2S.W/c1-16(23)22(18-7-3-2-4-8-18)19-9-5-6-17(14-19)15-20(25)21-10-12-24-13-11-21;/h2-7,14H,10-13,15H2,1H3;/q-2;+2. The van der Waals surface area contributed by atoms with Gasteiger partial charge in [-0.25, -0.2) is 0 Å². The number of hydrogen-bond donors (Lipinski definition) is 0. The number of rotatable bonds is 4. The van der Waals surface area contributed by atoms with Crippen LogP contribution in [0, 0.1) is 12.1 Å². The Bertz CT molecular complexity index is 748. The second kappa shape index (κ2) is 9.96. The molecule has 0 saturated carbocycles. The number of morpholine rings is 1. The van der Waals surface area contributed by atoms with Gasteiger partial charge in [-0.05, 0) is 0 Å². The molecule has 0 bridgehead atoms. The fraction of sp³-hybridized carbons (Fsp3) is 0.300. The van der Waals surface area contributed by atoms with Crippen molar-refractivity contribution >= 4 is 34.5 Å². The van der Waals surface area contributed by atoms with E-state index >= 15 is 0 Å². The van der Waals surface area contributed by atoms with Crippen molar-refractivity contribution < 1.29 is 30.6 Å². The van der Waals surface area contributed by atoms with Gasteiger partial charge in [-0.1, -0.05) is 23.6 Å². The van der Waals surface area contributed by atoms with Gasteiger partial charge in [0.1, 0.15) is 0 Å². The molecule has 1 aliphatic heterocycles. The molecule has 0 aromatic heterocycles. The fourth-order valence-electron chi connectivity index (χ4n) is 2.83. The van der Waals surface area contributed by atoms with Gasteiger partial charge in [-0.2, -0.15) is 42.5 Å². The van der Waals surface area contributed by atoms with Crippen LogP contribution in [0.4, 0.5) is 11.4 Å². The topological polar surface area (TPSA) is 32.8 Å². The molecular weight excluding hydrogens is 516 g/mol. The van der Waals surface area contributed by atoms with Gasteiger partial charge in [0.15, 0.2) is 0 Å². The maximum atomic E-state index is 12.2. The first-order chi connectivity index (χ1) is 12.1. The zero-order valence-corrected chi connectivity index (χ0v) is 18.4. The molecule has 1 amide bonds. The molecule has 0 unspecified atom stereocenters. The van der Waals surface area contributed by atoms with Crippen molar-refractivity contribution in [3.05, 3.63) is 60.2 Å². The number of para-hydroxylation sites is 1. The fourth-order valence-corrected chi connectivity index (χ4v) is 3.18. The summed E-state index contributed by atoms with van der Waals surface area (Å²) in [7, 11) is 0. The third-order valence-electron chi connectivity index (χ3n) is 4.06. The van der Waals surface area contributed by atoms with Gasteiger partial charge in [-0.15, -0.1) is 17.7 Å². The summed E-state index contributed by atoms with van der Waals surface area (Å²) in [6.07, 6.45) is 0.668. The summed E-state index contributed by atoms with van der Waals surface area (Å²) in [5.41, 5.74) is 2.48. The van der Waals surface area contributed by atoms with Crippen LogP contribution < -0.4 is 4.90 Å². The molecule has 134 valence electrons. The molecule has 0 atom stereocenters. The Morgan fingerprint density at radius 2 is 1.92 bits per heavy atom. The van der Waals surface area contributed by atoms with Crippen LogP contribution in [-0.2, 0) is 37.0 Å². The number of benzene rings is 2. The summed E-state index contributed by atoms with van der Waals surface area (Å²) < 4.78 is 5.37. The van der Waals surface area contributed by atoms with E-state index in [0.29, 0.717) is 17.8 Å². The number of ether oxygens (including phenoxy) is 1. The van der Waals surface area contributed by atoms with Crippen LogP contribution >= 0.6 is 12.2 Å². The second-order valence-corrected chi connectivity index (χ2v) is 6.33. The van der Waals surface area contributed by atoms with Crippen LogP contribution in [0.1, 0.15) is 12.5 Å². The Hall–Kier alpha value is -1.55. The number of amides is 1. The summed E-state index contributed by atoms with van der Waals surface area (Å²) in [4.78, 5) is 16.9. The Morgan fingerprint density at radius 1 is 1.19 bits per heavy atom. The maximum Gasteiger partial charge on any atom is 2.00 e. The number of anilines is 2. The molecule has 4 nitrogen and oxygen atoms in total. The number of thiocarbonyl (C=S) groups is 1. The summed E-state index contributed by atoms with van der Waals surface area (Å²) in [5.74, 6) is -0.0772. The van der Waals surface area contributed by atoms with Crippen molar-refractivity contribution in [1.29, 1.82) is 0 Å². The smallest absolute Gasteiger partial charge is 0.378 e. The minimum atomic E-state index is -0.0772. The minimum Gasteiger partial charge on any atom is -0.378 e. The van der Waals surface area contributed by atoms with Crippen LogP contribution in [0.15, 0.2) is 42.5 Å². The molecule has 0 N–H and O–H groups in total. The predicted molar refractivity (Wildman–Crippen MR) is 102 cm³/mol. The number of carbonyl (C=O) groups excluding carboxylic acids is 1. The second-order valence-electron chi connectivity index (χ2n) is 5.85. The molecule has 1 heterocycles. The van der Waals surface area contributed by atoms with Gasteiger partial charge in [0.2, 0.25) is 5.91 Å². The van der Waals surface area contributed by atoms with E-state index in [2.05, 4.69) is 17.0 Å². The summed E-state index contributed by atoms with van der Waals surface area (Å²) in [5, 5.41) is 0. The van der Waals surface area contributed by atoms with Crippen LogP contribution in [0.5, 0.6) is 0 Å². The molecule has 1 fully saturated rings. The summed E-state index contributed by atoms with van der Waals surface area (Å²) in [6.45, 7) is 4.65. The number of hydrogen-bond acceptors (Lipinski definition) is 3. The molecule has 2 aromatic rings. The van der Waals surface area contributed by atoms with E-state index in [1.165, 1.54) is 0 Å². The number of nitrogens with zero attached hydrogens (tertiary/aromatic N) is 2. The zero-order chi connectivity index (χ0) is 17.6. The van der Waals surface area contributed by atoms with Gasteiger partial charge in [-0.3, -0.25) is 4.79 Å². The van der Waals surface area contributed by atoms with Crippen LogP contribution in [0.2, 0.25) is 0 Å². The van der Waals surface area contributed by atoms with Crippen molar-refractivity contribution in [3.63, 3.8) is 0 Å². The van der Waals surface area contributed by atoms with Crippen LogP contribution in [0.25, 0.3) is 0 Å². The quantitative estimate of drug-likeness (QED) is 0.445. The minimum absolute atomic E-state index is 0. The Balaban J connectivity index is 0.00000243. The van der Waals surface area contributed by atoms with Crippen LogP contribution in [-0.4, -0.2) is 42.1 Å². The van der Waals surface area contributed by atoms with E-state index in [9.17, 15) is 4.79 Å². The molecule has 1 aliphatic rings. The average Bonchev–Trinajstić information content (AvgIpc) is 2.63. The molecule has 0 aliphatic carbocycles. The van der Waals surface area contributed by atoms with Crippen molar-refractivity contribution in [2.45, 2.75) is 13.3 Å². The van der Waals surface area contributed by atoms with Gasteiger partial charge >= 0.3 is 21.1 Å². The Labute approximate surface area is 174 Å². The van der Waals surface area contributed by atoms with Gasteiger partial charge < -0.3 is 14.5 Å². The Kier molecular flexibility index (Phi) is 7.95. The predicted octanol–water partition coefficient (Wildman–Crippen LogP) is 3.17. The van der Waals surface area contributed by atoms with Crippen LogP contribution in [0.3, 0.4) is 0 Å². The molecule has 1 saturated heterocycles. The molecule has 0 radical (unpaired) electrons. The van der Waals surface area contributed by atoms with Crippen molar-refractivity contribution in [3.8, 4) is 0 Å². The van der Waals surface area contributed by atoms with E-state index in [4.69, 9.17) is 17.0 Å². The summed E-state index contributed by atoms with van der Waals surface area (Å²) >= 11 is 5.58. The molecular formula is C20H20N2O2SW. The third-order valence-corrected chi connectivity index (χ3v) is 4.46. The average molecular weight is 536 g/mol. The molecule has 6 heteroatoms. The van der Waals surface area contributed by atoms with Gasteiger partial charge in [0.25, 0.3) is 0 Å². The maximum absolute atomic E-state index is 12.2. The first-order valence-electron chi connectivity index (χ1n) is 8.28. The first kappa shape index (κ1) is 20.8. The Morgan fingerprint density at radius 3 is 2.58 bits per heavy atom. The third kappa shape index (κ3) is 5.23. The van der Waals surface area contributed by atoms with Crippen molar-refractivity contribution in [2.75, 3.05) is 31.2 Å².